The lowest BCUT2D eigenvalue weighted by molar-refractivity contribution is -0.120. The molecule has 2 heterocycles. The van der Waals surface area contributed by atoms with Crippen LogP contribution in [0.1, 0.15) is 23.4 Å². The molecule has 0 aliphatic carbocycles. The number of hydrogen-bond acceptors (Lipinski definition) is 5. The number of carbonyl (C=O) groups excluding carboxylic acids is 1. The average molecular weight is 337 g/mol. The third kappa shape index (κ3) is 4.03. The summed E-state index contributed by atoms with van der Waals surface area (Å²) in [5.74, 6) is 0.119. The summed E-state index contributed by atoms with van der Waals surface area (Å²) >= 11 is 7.39. The van der Waals surface area contributed by atoms with Crippen LogP contribution in [0, 0.1) is 5.92 Å². The second-order valence-corrected chi connectivity index (χ2v) is 6.82. The van der Waals surface area contributed by atoms with Gasteiger partial charge in [-0.1, -0.05) is 35.1 Å². The van der Waals surface area contributed by atoms with E-state index in [1.165, 1.54) is 11.3 Å². The number of aromatic nitrogens is 2. The normalized spacial score (nSPS) is 15.7. The highest BCUT2D eigenvalue weighted by molar-refractivity contribution is 7.15. The van der Waals surface area contributed by atoms with E-state index in [9.17, 15) is 4.79 Å². The lowest BCUT2D eigenvalue weighted by Crippen LogP contribution is -2.34. The van der Waals surface area contributed by atoms with Crippen molar-refractivity contribution in [1.29, 1.82) is 0 Å². The molecule has 1 aromatic heterocycles. The number of nitrogens with zero attached hydrogens (tertiary/aromatic N) is 2. The van der Waals surface area contributed by atoms with Crippen molar-refractivity contribution >= 4 is 34.0 Å². The highest BCUT2D eigenvalue weighted by Crippen LogP contribution is 2.22. The van der Waals surface area contributed by atoms with Gasteiger partial charge in [0.2, 0.25) is 11.0 Å². The van der Waals surface area contributed by atoms with Crippen molar-refractivity contribution in [1.82, 2.24) is 15.5 Å². The van der Waals surface area contributed by atoms with Gasteiger partial charge in [0.1, 0.15) is 5.01 Å². The van der Waals surface area contributed by atoms with Crippen molar-refractivity contribution < 1.29 is 4.79 Å². The number of rotatable bonds is 4. The smallest absolute Gasteiger partial charge is 0.229 e. The van der Waals surface area contributed by atoms with E-state index >= 15 is 0 Å². The van der Waals surface area contributed by atoms with E-state index in [0.29, 0.717) is 16.6 Å². The maximum atomic E-state index is 12.2. The topological polar surface area (TPSA) is 66.9 Å². The summed E-state index contributed by atoms with van der Waals surface area (Å²) in [6, 6.07) is 7.67. The quantitative estimate of drug-likeness (QED) is 0.901. The summed E-state index contributed by atoms with van der Waals surface area (Å²) in [4.78, 5) is 12.2. The van der Waals surface area contributed by atoms with Gasteiger partial charge in [-0.05, 0) is 43.6 Å². The zero-order valence-electron chi connectivity index (χ0n) is 12.0. The van der Waals surface area contributed by atoms with Crippen molar-refractivity contribution in [3.63, 3.8) is 0 Å². The first kappa shape index (κ1) is 15.4. The molecular formula is C15H17ClN4OS. The molecule has 0 spiro atoms. The second-order valence-electron chi connectivity index (χ2n) is 5.32. The van der Waals surface area contributed by atoms with Crippen LogP contribution in [-0.4, -0.2) is 29.2 Å². The number of halogens is 1. The van der Waals surface area contributed by atoms with Crippen LogP contribution in [0.5, 0.6) is 0 Å². The van der Waals surface area contributed by atoms with E-state index in [2.05, 4.69) is 20.8 Å². The first-order chi connectivity index (χ1) is 10.7. The monoisotopic (exact) mass is 336 g/mol. The third-order valence-corrected chi connectivity index (χ3v) is 4.73. The molecule has 0 unspecified atom stereocenters. The van der Waals surface area contributed by atoms with Crippen LogP contribution >= 0.6 is 22.9 Å². The first-order valence-corrected chi connectivity index (χ1v) is 8.48. The molecule has 1 aliphatic heterocycles. The minimum atomic E-state index is 0.0481. The fourth-order valence-corrected chi connectivity index (χ4v) is 3.48. The molecule has 0 bridgehead atoms. The number of nitrogens with one attached hydrogen (secondary N) is 2. The molecule has 116 valence electrons. The Hall–Kier alpha value is -1.50. The second kappa shape index (κ2) is 7.17. The fraction of sp³-hybridized carbons (Fsp3) is 0.400. The SMILES string of the molecule is O=C(Nc1nnc(Cc2cccc(Cl)c2)s1)C1CCNCC1. The predicted octanol–water partition coefficient (Wildman–Crippen LogP) is 2.72. The van der Waals surface area contributed by atoms with Gasteiger partial charge < -0.3 is 10.6 Å². The number of piperidine rings is 1. The Labute approximate surface area is 138 Å². The summed E-state index contributed by atoms with van der Waals surface area (Å²) in [5.41, 5.74) is 1.08. The Morgan fingerprint density at radius 2 is 2.18 bits per heavy atom. The van der Waals surface area contributed by atoms with Gasteiger partial charge in [-0.15, -0.1) is 10.2 Å². The molecule has 1 amide bonds. The third-order valence-electron chi connectivity index (χ3n) is 3.65. The summed E-state index contributed by atoms with van der Waals surface area (Å²) < 4.78 is 0. The van der Waals surface area contributed by atoms with Gasteiger partial charge in [0.25, 0.3) is 0 Å². The minimum Gasteiger partial charge on any atom is -0.317 e. The number of anilines is 1. The van der Waals surface area contributed by atoms with Gasteiger partial charge in [0.15, 0.2) is 0 Å². The summed E-state index contributed by atoms with van der Waals surface area (Å²) in [5, 5.41) is 16.5. The van der Waals surface area contributed by atoms with Crippen molar-refractivity contribution in [3.8, 4) is 0 Å². The van der Waals surface area contributed by atoms with E-state index in [0.717, 1.165) is 36.5 Å². The predicted molar refractivity (Wildman–Crippen MR) is 88.4 cm³/mol. The van der Waals surface area contributed by atoms with Crippen LogP contribution in [0.4, 0.5) is 5.13 Å². The van der Waals surface area contributed by atoms with E-state index in [1.807, 2.05) is 24.3 Å². The molecular weight excluding hydrogens is 320 g/mol. The molecule has 5 nitrogen and oxygen atoms in total. The Morgan fingerprint density at radius 3 is 2.95 bits per heavy atom. The number of benzene rings is 1. The van der Waals surface area contributed by atoms with Crippen LogP contribution in [0.25, 0.3) is 0 Å². The van der Waals surface area contributed by atoms with Crippen molar-refractivity contribution in [2.45, 2.75) is 19.3 Å². The fourth-order valence-electron chi connectivity index (χ4n) is 2.49. The van der Waals surface area contributed by atoms with Crippen LogP contribution < -0.4 is 10.6 Å². The largest absolute Gasteiger partial charge is 0.317 e. The summed E-state index contributed by atoms with van der Waals surface area (Å²) in [6.07, 6.45) is 2.42. The molecule has 2 N–H and O–H groups in total. The molecule has 1 aromatic carbocycles. The molecule has 0 radical (unpaired) electrons. The van der Waals surface area contributed by atoms with Crippen LogP contribution in [0.15, 0.2) is 24.3 Å². The summed E-state index contributed by atoms with van der Waals surface area (Å²) in [6.45, 7) is 1.79. The van der Waals surface area contributed by atoms with Crippen LogP contribution in [0.3, 0.4) is 0 Å². The van der Waals surface area contributed by atoms with Crippen LogP contribution in [-0.2, 0) is 11.2 Å². The van der Waals surface area contributed by atoms with Gasteiger partial charge in [-0.3, -0.25) is 4.79 Å². The minimum absolute atomic E-state index is 0.0481. The van der Waals surface area contributed by atoms with Gasteiger partial charge in [0.05, 0.1) is 0 Å². The average Bonchev–Trinajstić information content (AvgIpc) is 2.95. The van der Waals surface area contributed by atoms with Crippen LogP contribution in [0.2, 0.25) is 5.02 Å². The zero-order valence-corrected chi connectivity index (χ0v) is 13.6. The lowest BCUT2D eigenvalue weighted by atomic mass is 9.97. The van der Waals surface area contributed by atoms with Crippen molar-refractivity contribution in [2.75, 3.05) is 18.4 Å². The van der Waals surface area contributed by atoms with Gasteiger partial charge >= 0.3 is 0 Å². The molecule has 1 saturated heterocycles. The Balaban J connectivity index is 1.60. The van der Waals surface area contributed by atoms with Gasteiger partial charge in [-0.25, -0.2) is 0 Å². The Kier molecular flexibility index (Phi) is 5.02. The number of carbonyl (C=O) groups is 1. The lowest BCUT2D eigenvalue weighted by Gasteiger charge is -2.20. The van der Waals surface area contributed by atoms with Gasteiger partial charge in [-0.2, -0.15) is 0 Å². The van der Waals surface area contributed by atoms with Gasteiger partial charge in [0, 0.05) is 17.4 Å². The highest BCUT2D eigenvalue weighted by Gasteiger charge is 2.21. The maximum absolute atomic E-state index is 12.2. The summed E-state index contributed by atoms with van der Waals surface area (Å²) in [7, 11) is 0. The zero-order chi connectivity index (χ0) is 15.4. The van der Waals surface area contributed by atoms with Crippen molar-refractivity contribution in [2.24, 2.45) is 5.92 Å². The molecule has 2 aromatic rings. The molecule has 7 heteroatoms. The molecule has 1 aliphatic rings. The van der Waals surface area contributed by atoms with E-state index in [-0.39, 0.29) is 11.8 Å². The van der Waals surface area contributed by atoms with E-state index in [4.69, 9.17) is 11.6 Å². The molecule has 1 fully saturated rings. The standard InChI is InChI=1S/C15H17ClN4OS/c16-12-3-1-2-10(8-12)9-13-19-20-15(22-13)18-14(21)11-4-6-17-7-5-11/h1-3,8,11,17H,4-7,9H2,(H,18,20,21). The molecule has 0 atom stereocenters. The number of hydrogen-bond donors (Lipinski definition) is 2. The van der Waals surface area contributed by atoms with Crippen molar-refractivity contribution in [3.05, 3.63) is 39.9 Å². The van der Waals surface area contributed by atoms with E-state index in [1.54, 1.807) is 0 Å². The molecule has 0 saturated carbocycles. The maximum Gasteiger partial charge on any atom is 0.229 e. The first-order valence-electron chi connectivity index (χ1n) is 7.29. The molecule has 22 heavy (non-hydrogen) atoms. The molecule has 3 rings (SSSR count). The van der Waals surface area contributed by atoms with E-state index < -0.39 is 0 Å². The Morgan fingerprint density at radius 1 is 1.36 bits per heavy atom. The Bertz CT molecular complexity index is 654. The highest BCUT2D eigenvalue weighted by atomic mass is 35.5. The number of amides is 1.